The van der Waals surface area contributed by atoms with Gasteiger partial charge in [0.05, 0.1) is 31.9 Å². The van der Waals surface area contributed by atoms with Crippen molar-refractivity contribution < 1.29 is 38.4 Å². The maximum Gasteiger partial charge on any atom is 0.295 e. The van der Waals surface area contributed by atoms with Gasteiger partial charge in [0.1, 0.15) is 30.5 Å². The zero-order chi connectivity index (χ0) is 24.5. The van der Waals surface area contributed by atoms with Crippen LogP contribution in [-0.4, -0.2) is 68.4 Å². The summed E-state index contributed by atoms with van der Waals surface area (Å²) in [4.78, 5) is 28.1. The molecule has 2 saturated heterocycles. The van der Waals surface area contributed by atoms with Crippen LogP contribution in [0.5, 0.6) is 23.0 Å². The summed E-state index contributed by atoms with van der Waals surface area (Å²) in [5.74, 6) is 0.234. The Balaban J connectivity index is 1.66. The lowest BCUT2D eigenvalue weighted by atomic mass is 9.94. The first-order valence-corrected chi connectivity index (χ1v) is 11.5. The van der Waals surface area contributed by atoms with Gasteiger partial charge in [-0.25, -0.2) is 0 Å². The molecule has 0 spiro atoms. The number of benzene rings is 2. The number of likely N-dealkylation sites (tertiary alicyclic amines) is 1. The van der Waals surface area contributed by atoms with E-state index >= 15 is 0 Å². The molecule has 9 nitrogen and oxygen atoms in total. The summed E-state index contributed by atoms with van der Waals surface area (Å²) in [5.41, 5.74) is 0.843. The largest absolute Gasteiger partial charge is 0.507 e. The van der Waals surface area contributed by atoms with Crippen molar-refractivity contribution in [3.05, 3.63) is 53.1 Å². The van der Waals surface area contributed by atoms with Crippen LogP contribution in [0.3, 0.4) is 0 Å². The summed E-state index contributed by atoms with van der Waals surface area (Å²) in [5, 5.41) is 11.4. The fourth-order valence-electron chi connectivity index (χ4n) is 4.80. The fourth-order valence-corrected chi connectivity index (χ4v) is 4.80. The second kappa shape index (κ2) is 9.50. The zero-order valence-electron chi connectivity index (χ0n) is 19.6. The molecule has 35 heavy (non-hydrogen) atoms. The van der Waals surface area contributed by atoms with Crippen LogP contribution in [0, 0.1) is 0 Å². The van der Waals surface area contributed by atoms with Crippen molar-refractivity contribution in [3.63, 3.8) is 0 Å². The summed E-state index contributed by atoms with van der Waals surface area (Å²) < 4.78 is 27.9. The molecule has 184 valence electrons. The molecule has 0 unspecified atom stereocenters. The molecule has 2 aromatic rings. The van der Waals surface area contributed by atoms with Gasteiger partial charge in [0, 0.05) is 24.3 Å². The molecule has 3 heterocycles. The van der Waals surface area contributed by atoms with E-state index in [1.54, 1.807) is 36.4 Å². The van der Waals surface area contributed by atoms with E-state index in [1.165, 1.54) is 19.1 Å². The summed E-state index contributed by atoms with van der Waals surface area (Å²) in [6, 6.07) is 9.19. The first-order chi connectivity index (χ1) is 17.0. The van der Waals surface area contributed by atoms with Crippen molar-refractivity contribution in [2.45, 2.75) is 25.0 Å². The van der Waals surface area contributed by atoms with Gasteiger partial charge in [-0.05, 0) is 49.2 Å². The predicted octanol–water partition coefficient (Wildman–Crippen LogP) is 3.08. The number of nitrogens with zero attached hydrogens (tertiary/aromatic N) is 1. The van der Waals surface area contributed by atoms with Crippen LogP contribution in [0.2, 0.25) is 0 Å². The first-order valence-electron chi connectivity index (χ1n) is 11.5. The number of fused-ring (bicyclic) bond motifs is 1. The molecule has 1 N–H and O–H groups in total. The fraction of sp³-hybridized carbons (Fsp3) is 0.385. The summed E-state index contributed by atoms with van der Waals surface area (Å²) in [7, 11) is 3.04. The monoisotopic (exact) mass is 481 g/mol. The van der Waals surface area contributed by atoms with Crippen LogP contribution >= 0.6 is 0 Å². The molecule has 0 aromatic heterocycles. The third kappa shape index (κ3) is 4.16. The van der Waals surface area contributed by atoms with Crippen molar-refractivity contribution >= 4 is 17.4 Å². The van der Waals surface area contributed by atoms with Crippen molar-refractivity contribution in [2.24, 2.45) is 0 Å². The van der Waals surface area contributed by atoms with Crippen LogP contribution < -0.4 is 18.9 Å². The number of carbonyl (C=O) groups is 2. The van der Waals surface area contributed by atoms with Crippen LogP contribution in [0.15, 0.2) is 42.0 Å². The van der Waals surface area contributed by atoms with E-state index in [4.69, 9.17) is 23.7 Å². The van der Waals surface area contributed by atoms with Gasteiger partial charge in [0.15, 0.2) is 11.5 Å². The van der Waals surface area contributed by atoms with Gasteiger partial charge in [0.25, 0.3) is 11.7 Å². The Hall–Kier alpha value is -3.72. The second-order valence-corrected chi connectivity index (χ2v) is 8.55. The van der Waals surface area contributed by atoms with Crippen LogP contribution in [0.1, 0.15) is 30.0 Å². The van der Waals surface area contributed by atoms with Crippen LogP contribution in [-0.2, 0) is 14.3 Å². The number of rotatable bonds is 6. The quantitative estimate of drug-likeness (QED) is 0.382. The second-order valence-electron chi connectivity index (χ2n) is 8.55. The number of ketones is 1. The van der Waals surface area contributed by atoms with E-state index in [0.29, 0.717) is 53.9 Å². The smallest absolute Gasteiger partial charge is 0.295 e. The van der Waals surface area contributed by atoms with Gasteiger partial charge >= 0.3 is 0 Å². The van der Waals surface area contributed by atoms with Gasteiger partial charge in [0.2, 0.25) is 0 Å². The Morgan fingerprint density at radius 2 is 1.83 bits per heavy atom. The van der Waals surface area contributed by atoms with Crippen molar-refractivity contribution in [3.8, 4) is 23.0 Å². The molecule has 2 atom stereocenters. The first kappa shape index (κ1) is 23.0. The van der Waals surface area contributed by atoms with E-state index in [-0.39, 0.29) is 24.0 Å². The average molecular weight is 482 g/mol. The molecule has 5 rings (SSSR count). The summed E-state index contributed by atoms with van der Waals surface area (Å²) in [6.45, 7) is 1.64. The molecule has 2 fully saturated rings. The number of aliphatic hydroxyl groups excluding tert-OH is 1. The lowest BCUT2D eigenvalue weighted by molar-refractivity contribution is -0.140. The summed E-state index contributed by atoms with van der Waals surface area (Å²) in [6.07, 6.45) is 1.48. The van der Waals surface area contributed by atoms with Crippen molar-refractivity contribution in [1.29, 1.82) is 0 Å². The Labute approximate surface area is 202 Å². The Bertz CT molecular complexity index is 1180. The number of hydrogen-bond acceptors (Lipinski definition) is 8. The molecular weight excluding hydrogens is 454 g/mol. The Morgan fingerprint density at radius 1 is 1.03 bits per heavy atom. The van der Waals surface area contributed by atoms with E-state index in [2.05, 4.69) is 0 Å². The maximum absolute atomic E-state index is 13.4. The number of methoxy groups -OCH3 is 2. The van der Waals surface area contributed by atoms with Crippen molar-refractivity contribution in [2.75, 3.05) is 40.6 Å². The minimum Gasteiger partial charge on any atom is -0.507 e. The Kier molecular flexibility index (Phi) is 6.25. The average Bonchev–Trinajstić information content (AvgIpc) is 3.50. The number of Topliss-reactive ketones (excluding diaryl/α,β-unsaturated/α-hetero) is 1. The predicted molar refractivity (Wildman–Crippen MR) is 125 cm³/mol. The van der Waals surface area contributed by atoms with Crippen LogP contribution in [0.4, 0.5) is 0 Å². The van der Waals surface area contributed by atoms with Gasteiger partial charge in [-0.3, -0.25) is 9.59 Å². The van der Waals surface area contributed by atoms with E-state index in [0.717, 1.165) is 12.8 Å². The number of hydrogen-bond donors (Lipinski definition) is 1. The highest BCUT2D eigenvalue weighted by atomic mass is 16.6. The molecule has 3 aliphatic heterocycles. The highest BCUT2D eigenvalue weighted by molar-refractivity contribution is 6.46. The molecule has 3 aliphatic rings. The molecule has 9 heteroatoms. The molecule has 1 amide bonds. The molecule has 0 bridgehead atoms. The standard InChI is InChI=1S/C26H27NO8/c1-31-16-6-8-19(32-2)18(13-16)23-22(25(29)26(30)27(23)14-17-4-3-9-33-17)24(28)15-5-7-20-21(12-15)35-11-10-34-20/h5-8,12-13,17,23,28H,3-4,9-11,14H2,1-2H3/t17-,23+/m1/s1. The Morgan fingerprint density at radius 3 is 2.54 bits per heavy atom. The van der Waals surface area contributed by atoms with E-state index in [9.17, 15) is 14.7 Å². The van der Waals surface area contributed by atoms with Gasteiger partial charge in [-0.1, -0.05) is 0 Å². The number of amides is 1. The maximum atomic E-state index is 13.4. The SMILES string of the molecule is COc1ccc(OC)c([C@H]2C(=C(O)c3ccc4c(c3)OCCO4)C(=O)C(=O)N2C[C@H]2CCCO2)c1. The minimum absolute atomic E-state index is 0.0313. The normalized spacial score (nSPS) is 23.0. The van der Waals surface area contributed by atoms with E-state index < -0.39 is 17.7 Å². The molecule has 0 saturated carbocycles. The number of aliphatic hydroxyl groups is 1. The molecular formula is C26H27NO8. The van der Waals surface area contributed by atoms with Crippen LogP contribution in [0.25, 0.3) is 5.76 Å². The molecule has 0 aliphatic carbocycles. The van der Waals surface area contributed by atoms with Crippen molar-refractivity contribution in [1.82, 2.24) is 4.90 Å². The summed E-state index contributed by atoms with van der Waals surface area (Å²) >= 11 is 0. The van der Waals surface area contributed by atoms with E-state index in [1.807, 2.05) is 0 Å². The number of carbonyl (C=O) groups excluding carboxylic acids is 2. The molecule has 0 radical (unpaired) electrons. The molecule has 2 aromatic carbocycles. The highest BCUT2D eigenvalue weighted by Gasteiger charge is 2.48. The lowest BCUT2D eigenvalue weighted by Gasteiger charge is -2.28. The van der Waals surface area contributed by atoms with Gasteiger partial charge < -0.3 is 33.7 Å². The van der Waals surface area contributed by atoms with Gasteiger partial charge in [-0.15, -0.1) is 0 Å². The lowest BCUT2D eigenvalue weighted by Crippen LogP contribution is -2.36. The third-order valence-electron chi connectivity index (χ3n) is 6.51. The minimum atomic E-state index is -0.891. The van der Waals surface area contributed by atoms with Gasteiger partial charge in [-0.2, -0.15) is 0 Å². The number of ether oxygens (including phenoxy) is 5. The highest BCUT2D eigenvalue weighted by Crippen LogP contribution is 2.45. The topological polar surface area (TPSA) is 104 Å². The zero-order valence-corrected chi connectivity index (χ0v) is 19.6. The third-order valence-corrected chi connectivity index (χ3v) is 6.51.